The van der Waals surface area contributed by atoms with E-state index < -0.39 is 0 Å². The van der Waals surface area contributed by atoms with Crippen molar-refractivity contribution in [2.45, 2.75) is 44.7 Å². The minimum absolute atomic E-state index is 0.190. The van der Waals surface area contributed by atoms with Gasteiger partial charge in [0.2, 0.25) is 5.91 Å². The molecule has 1 aliphatic carbocycles. The molecule has 0 spiro atoms. The zero-order valence-corrected chi connectivity index (χ0v) is 15.2. The summed E-state index contributed by atoms with van der Waals surface area (Å²) in [6.45, 7) is 3.89. The average molecular weight is 346 g/mol. The van der Waals surface area contributed by atoms with E-state index in [0.717, 1.165) is 56.8 Å². The molecular formula is C20H30N2O3. The fourth-order valence-corrected chi connectivity index (χ4v) is 3.37. The number of carbonyl (C=O) groups is 1. The van der Waals surface area contributed by atoms with E-state index in [1.165, 1.54) is 6.42 Å². The lowest BCUT2D eigenvalue weighted by Gasteiger charge is -2.31. The van der Waals surface area contributed by atoms with Crippen molar-refractivity contribution in [3.63, 3.8) is 0 Å². The standard InChI is InChI=1S/C20H30N2O3/c1-22(18-8-11-24-12-9-18)10-13-25-19-7-2-4-16(14-19)15-21-20(23)17-5-3-6-17/h2,4,7,14,17-18H,3,5-6,8-13,15H2,1H3,(H,21,23). The number of hydrogen-bond acceptors (Lipinski definition) is 4. The molecule has 1 aliphatic heterocycles. The minimum atomic E-state index is 0.190. The van der Waals surface area contributed by atoms with Crippen LogP contribution in [0.15, 0.2) is 24.3 Å². The number of likely N-dealkylation sites (N-methyl/N-ethyl adjacent to an activating group) is 1. The van der Waals surface area contributed by atoms with E-state index in [4.69, 9.17) is 9.47 Å². The van der Waals surface area contributed by atoms with Crippen molar-refractivity contribution in [2.75, 3.05) is 33.4 Å². The lowest BCUT2D eigenvalue weighted by Crippen LogP contribution is -2.38. The molecule has 1 saturated carbocycles. The van der Waals surface area contributed by atoms with Crippen LogP contribution in [0.1, 0.15) is 37.7 Å². The number of ether oxygens (including phenoxy) is 2. The van der Waals surface area contributed by atoms with Gasteiger partial charge in [0, 0.05) is 38.3 Å². The molecule has 0 atom stereocenters. The minimum Gasteiger partial charge on any atom is -0.492 e. The number of amides is 1. The first-order valence-electron chi connectivity index (χ1n) is 9.50. The van der Waals surface area contributed by atoms with Crippen LogP contribution in [0, 0.1) is 5.92 Å². The van der Waals surface area contributed by atoms with Crippen molar-refractivity contribution in [3.05, 3.63) is 29.8 Å². The summed E-state index contributed by atoms with van der Waals surface area (Å²) >= 11 is 0. The second-order valence-corrected chi connectivity index (χ2v) is 7.17. The first kappa shape index (κ1) is 18.2. The highest BCUT2D eigenvalue weighted by Crippen LogP contribution is 2.26. The monoisotopic (exact) mass is 346 g/mol. The number of nitrogens with zero attached hydrogens (tertiary/aromatic N) is 1. The average Bonchev–Trinajstić information content (AvgIpc) is 2.59. The van der Waals surface area contributed by atoms with Gasteiger partial charge in [0.1, 0.15) is 12.4 Å². The highest BCUT2D eigenvalue weighted by atomic mass is 16.5. The number of benzene rings is 1. The molecule has 0 radical (unpaired) electrons. The van der Waals surface area contributed by atoms with Crippen LogP contribution >= 0.6 is 0 Å². The molecule has 5 heteroatoms. The maximum absolute atomic E-state index is 11.9. The maximum atomic E-state index is 11.9. The van der Waals surface area contributed by atoms with Crippen molar-refractivity contribution >= 4 is 5.91 Å². The molecule has 2 aliphatic rings. The van der Waals surface area contributed by atoms with Crippen LogP contribution in [0.5, 0.6) is 5.75 Å². The first-order chi connectivity index (χ1) is 12.2. The van der Waals surface area contributed by atoms with Crippen LogP contribution in [0.4, 0.5) is 0 Å². The zero-order valence-electron chi connectivity index (χ0n) is 15.2. The molecule has 2 fully saturated rings. The Labute approximate surface area is 150 Å². The highest BCUT2D eigenvalue weighted by molar-refractivity contribution is 5.79. The van der Waals surface area contributed by atoms with E-state index in [2.05, 4.69) is 17.3 Å². The molecule has 0 unspecified atom stereocenters. The number of rotatable bonds is 8. The number of nitrogens with one attached hydrogen (secondary N) is 1. The van der Waals surface area contributed by atoms with E-state index in [1.54, 1.807) is 0 Å². The van der Waals surface area contributed by atoms with E-state index in [1.807, 2.05) is 24.3 Å². The zero-order chi connectivity index (χ0) is 17.5. The molecule has 1 aromatic carbocycles. The van der Waals surface area contributed by atoms with Gasteiger partial charge in [-0.15, -0.1) is 0 Å². The Morgan fingerprint density at radius 1 is 1.28 bits per heavy atom. The molecule has 0 aromatic heterocycles. The lowest BCUT2D eigenvalue weighted by atomic mass is 9.85. The smallest absolute Gasteiger partial charge is 0.223 e. The van der Waals surface area contributed by atoms with Gasteiger partial charge in [-0.25, -0.2) is 0 Å². The fraction of sp³-hybridized carbons (Fsp3) is 0.650. The molecule has 1 N–H and O–H groups in total. The van der Waals surface area contributed by atoms with E-state index in [9.17, 15) is 4.79 Å². The van der Waals surface area contributed by atoms with E-state index in [-0.39, 0.29) is 11.8 Å². The first-order valence-corrected chi connectivity index (χ1v) is 9.50. The van der Waals surface area contributed by atoms with Crippen LogP contribution < -0.4 is 10.1 Å². The Balaban J connectivity index is 1.39. The van der Waals surface area contributed by atoms with Crippen molar-refractivity contribution in [1.82, 2.24) is 10.2 Å². The van der Waals surface area contributed by atoms with Gasteiger partial charge in [-0.2, -0.15) is 0 Å². The molecule has 25 heavy (non-hydrogen) atoms. The van der Waals surface area contributed by atoms with Crippen molar-refractivity contribution in [3.8, 4) is 5.75 Å². The summed E-state index contributed by atoms with van der Waals surface area (Å²) in [4.78, 5) is 14.3. The van der Waals surface area contributed by atoms with Gasteiger partial charge in [0.25, 0.3) is 0 Å². The third-order valence-electron chi connectivity index (χ3n) is 5.37. The summed E-state index contributed by atoms with van der Waals surface area (Å²) in [7, 11) is 2.16. The molecule has 1 saturated heterocycles. The maximum Gasteiger partial charge on any atom is 0.223 e. The van der Waals surface area contributed by atoms with Crippen LogP contribution in [0.3, 0.4) is 0 Å². The largest absolute Gasteiger partial charge is 0.492 e. The van der Waals surface area contributed by atoms with Gasteiger partial charge in [-0.3, -0.25) is 9.69 Å². The van der Waals surface area contributed by atoms with Crippen LogP contribution in [0.25, 0.3) is 0 Å². The van der Waals surface area contributed by atoms with Crippen LogP contribution in [-0.4, -0.2) is 50.3 Å². The van der Waals surface area contributed by atoms with E-state index in [0.29, 0.717) is 19.2 Å². The van der Waals surface area contributed by atoms with Gasteiger partial charge >= 0.3 is 0 Å². The molecule has 1 heterocycles. The molecule has 5 nitrogen and oxygen atoms in total. The normalized spacial score (nSPS) is 18.8. The Hall–Kier alpha value is -1.59. The number of hydrogen-bond donors (Lipinski definition) is 1. The number of carbonyl (C=O) groups excluding carboxylic acids is 1. The molecule has 1 aromatic rings. The molecule has 1 amide bonds. The Morgan fingerprint density at radius 2 is 2.08 bits per heavy atom. The summed E-state index contributed by atoms with van der Waals surface area (Å²) in [6, 6.07) is 8.62. The summed E-state index contributed by atoms with van der Waals surface area (Å²) in [5.41, 5.74) is 1.09. The molecular weight excluding hydrogens is 316 g/mol. The lowest BCUT2D eigenvalue weighted by molar-refractivity contribution is -0.127. The molecule has 0 bridgehead atoms. The SMILES string of the molecule is CN(CCOc1cccc(CNC(=O)C2CCC2)c1)C1CCOCC1. The van der Waals surface area contributed by atoms with Gasteiger partial charge in [0.05, 0.1) is 0 Å². The van der Waals surface area contributed by atoms with Gasteiger partial charge in [-0.05, 0) is 50.4 Å². The molecule has 138 valence electrons. The molecule has 3 rings (SSSR count). The van der Waals surface area contributed by atoms with Crippen molar-refractivity contribution < 1.29 is 14.3 Å². The quantitative estimate of drug-likeness (QED) is 0.786. The summed E-state index contributed by atoms with van der Waals surface area (Å²) < 4.78 is 11.3. The van der Waals surface area contributed by atoms with Crippen molar-refractivity contribution in [1.29, 1.82) is 0 Å². The third kappa shape index (κ3) is 5.44. The predicted octanol–water partition coefficient (Wildman–Crippen LogP) is 2.59. The summed E-state index contributed by atoms with van der Waals surface area (Å²) in [5, 5.41) is 3.03. The Bertz CT molecular complexity index is 554. The third-order valence-corrected chi connectivity index (χ3v) is 5.37. The Morgan fingerprint density at radius 3 is 2.80 bits per heavy atom. The van der Waals surface area contributed by atoms with Crippen LogP contribution in [0.2, 0.25) is 0 Å². The topological polar surface area (TPSA) is 50.8 Å². The predicted molar refractivity (Wildman–Crippen MR) is 97.6 cm³/mol. The highest BCUT2D eigenvalue weighted by Gasteiger charge is 2.24. The van der Waals surface area contributed by atoms with Crippen molar-refractivity contribution in [2.24, 2.45) is 5.92 Å². The van der Waals surface area contributed by atoms with Gasteiger partial charge < -0.3 is 14.8 Å². The second kappa shape index (κ2) is 9.20. The Kier molecular flexibility index (Phi) is 6.70. The van der Waals surface area contributed by atoms with Gasteiger partial charge in [-0.1, -0.05) is 18.6 Å². The van der Waals surface area contributed by atoms with Crippen LogP contribution in [-0.2, 0) is 16.1 Å². The van der Waals surface area contributed by atoms with E-state index >= 15 is 0 Å². The summed E-state index contributed by atoms with van der Waals surface area (Å²) in [5.74, 6) is 1.30. The van der Waals surface area contributed by atoms with Gasteiger partial charge in [0.15, 0.2) is 0 Å². The second-order valence-electron chi connectivity index (χ2n) is 7.17. The fourth-order valence-electron chi connectivity index (χ4n) is 3.37. The summed E-state index contributed by atoms with van der Waals surface area (Å²) in [6.07, 6.45) is 5.47.